The van der Waals surface area contributed by atoms with Gasteiger partial charge in [-0.1, -0.05) is 87.9 Å². The molecule has 0 spiro atoms. The summed E-state index contributed by atoms with van der Waals surface area (Å²) in [5.74, 6) is 0.932. The number of rotatable bonds is 16. The lowest BCUT2D eigenvalue weighted by Gasteiger charge is -2.15. The highest BCUT2D eigenvalue weighted by Crippen LogP contribution is 2.34. The van der Waals surface area contributed by atoms with Gasteiger partial charge in [-0.3, -0.25) is 9.59 Å². The smallest absolute Gasteiger partial charge is 0.220 e. The highest BCUT2D eigenvalue weighted by molar-refractivity contribution is 5.83. The molecule has 0 aromatic heterocycles. The molecule has 1 fully saturated rings. The molecule has 2 rings (SSSR count). The minimum absolute atomic E-state index is 0.121. The molecule has 1 aromatic carbocycles. The van der Waals surface area contributed by atoms with Gasteiger partial charge in [-0.25, -0.2) is 0 Å². The molecule has 0 aliphatic heterocycles. The summed E-state index contributed by atoms with van der Waals surface area (Å²) < 4.78 is 0. The second kappa shape index (κ2) is 15.8. The quantitative estimate of drug-likeness (QED) is 0.252. The third-order valence-electron chi connectivity index (χ3n) is 6.59. The summed E-state index contributed by atoms with van der Waals surface area (Å²) in [6.45, 7) is 2.85. The van der Waals surface area contributed by atoms with Crippen LogP contribution in [0.1, 0.15) is 89.5 Å². The first kappa shape index (κ1) is 26.3. The zero-order valence-corrected chi connectivity index (χ0v) is 19.9. The Morgan fingerprint density at radius 1 is 1.12 bits per heavy atom. The highest BCUT2D eigenvalue weighted by atomic mass is 16.3. The van der Waals surface area contributed by atoms with Crippen LogP contribution in [0.5, 0.6) is 0 Å². The van der Waals surface area contributed by atoms with Crippen LogP contribution >= 0.6 is 0 Å². The van der Waals surface area contributed by atoms with Crippen LogP contribution in [0.15, 0.2) is 42.5 Å². The van der Waals surface area contributed by atoms with E-state index in [1.54, 1.807) is 0 Å². The fourth-order valence-electron chi connectivity index (χ4n) is 4.59. The number of carbonyl (C=O) groups excluding carboxylic acids is 2. The van der Waals surface area contributed by atoms with E-state index in [4.69, 9.17) is 0 Å². The summed E-state index contributed by atoms with van der Waals surface area (Å²) in [4.78, 5) is 24.3. The predicted molar refractivity (Wildman–Crippen MR) is 131 cm³/mol. The van der Waals surface area contributed by atoms with Crippen molar-refractivity contribution in [1.29, 1.82) is 0 Å². The van der Waals surface area contributed by atoms with E-state index in [0.717, 1.165) is 70.6 Å². The second-order valence-corrected chi connectivity index (χ2v) is 9.26. The summed E-state index contributed by atoms with van der Waals surface area (Å²) in [5.41, 5.74) is 1.24. The van der Waals surface area contributed by atoms with E-state index in [1.807, 2.05) is 24.3 Å². The van der Waals surface area contributed by atoms with Gasteiger partial charge in [-0.15, -0.1) is 0 Å². The highest BCUT2D eigenvalue weighted by Gasteiger charge is 2.32. The third kappa shape index (κ3) is 10.6. The lowest BCUT2D eigenvalue weighted by atomic mass is 9.89. The summed E-state index contributed by atoms with van der Waals surface area (Å²) in [5, 5.41) is 13.1. The molecular weight excluding hydrogens is 398 g/mol. The Balaban J connectivity index is 1.54. The molecule has 32 heavy (non-hydrogen) atoms. The van der Waals surface area contributed by atoms with Gasteiger partial charge in [0.25, 0.3) is 0 Å². The minimum atomic E-state index is -0.378. The molecule has 0 unspecified atom stereocenters. The molecule has 1 aromatic rings. The predicted octanol–water partition coefficient (Wildman–Crippen LogP) is 5.78. The summed E-state index contributed by atoms with van der Waals surface area (Å²) >= 11 is 0. The number of carbonyl (C=O) groups is 2. The van der Waals surface area contributed by atoms with Gasteiger partial charge in [0.05, 0.1) is 6.10 Å². The first-order valence-electron chi connectivity index (χ1n) is 12.8. The van der Waals surface area contributed by atoms with Crippen LogP contribution < -0.4 is 5.32 Å². The maximum Gasteiger partial charge on any atom is 0.220 e. The number of amides is 1. The molecule has 0 saturated heterocycles. The van der Waals surface area contributed by atoms with Gasteiger partial charge in [0, 0.05) is 25.3 Å². The van der Waals surface area contributed by atoms with Crippen LogP contribution in [0.2, 0.25) is 0 Å². The Labute approximate surface area is 194 Å². The van der Waals surface area contributed by atoms with Gasteiger partial charge in [0.2, 0.25) is 5.91 Å². The van der Waals surface area contributed by atoms with Crippen LogP contribution in [0, 0.1) is 11.8 Å². The molecule has 178 valence electrons. The monoisotopic (exact) mass is 441 g/mol. The number of unbranched alkanes of at least 4 members (excludes halogenated alkanes) is 5. The van der Waals surface area contributed by atoms with E-state index in [2.05, 4.69) is 30.4 Å². The zero-order chi connectivity index (χ0) is 23.0. The SMILES string of the molecule is CCCCC[C@H](O)C=C[C@@H]1CCC(=O)[C@@H]1CCCCCCC(=O)NCCc1ccccc1. The van der Waals surface area contributed by atoms with Gasteiger partial charge in [0.15, 0.2) is 0 Å². The fourth-order valence-corrected chi connectivity index (χ4v) is 4.59. The molecule has 4 heteroatoms. The molecule has 1 aliphatic rings. The number of aliphatic hydroxyl groups is 1. The average Bonchev–Trinajstić information content (AvgIpc) is 3.15. The molecule has 2 N–H and O–H groups in total. The number of nitrogens with one attached hydrogen (secondary N) is 1. The number of ketones is 1. The number of hydrogen-bond acceptors (Lipinski definition) is 3. The topological polar surface area (TPSA) is 66.4 Å². The number of Topliss-reactive ketones (excluding diaryl/α,β-unsaturated/α-hetero) is 1. The van der Waals surface area contributed by atoms with Crippen LogP contribution in [-0.2, 0) is 16.0 Å². The Morgan fingerprint density at radius 3 is 2.69 bits per heavy atom. The molecule has 1 amide bonds. The van der Waals surface area contributed by atoms with Crippen molar-refractivity contribution in [2.75, 3.05) is 6.54 Å². The molecule has 0 radical (unpaired) electrons. The molecule has 1 saturated carbocycles. The van der Waals surface area contributed by atoms with E-state index in [1.165, 1.54) is 5.56 Å². The molecule has 3 atom stereocenters. The number of allylic oxidation sites excluding steroid dienone is 1. The normalized spacial score (nSPS) is 19.5. The van der Waals surface area contributed by atoms with Gasteiger partial charge in [-0.2, -0.15) is 0 Å². The van der Waals surface area contributed by atoms with Crippen molar-refractivity contribution in [2.24, 2.45) is 11.8 Å². The van der Waals surface area contributed by atoms with Crippen molar-refractivity contribution in [3.8, 4) is 0 Å². The molecular formula is C28H43NO3. The summed E-state index contributed by atoms with van der Waals surface area (Å²) in [6, 6.07) is 10.2. The standard InChI is InChI=1S/C28H43NO3/c1-2-3-7-14-25(30)19-17-24-18-20-27(31)26(24)15-10-4-5-11-16-28(32)29-22-21-23-12-8-6-9-13-23/h6,8-9,12-13,17,19,24-26,30H,2-5,7,10-11,14-16,18,20-22H2,1H3,(H,29,32)/t24-,25+,26-/m1/s1. The third-order valence-corrected chi connectivity index (χ3v) is 6.59. The van der Waals surface area contributed by atoms with Crippen LogP contribution in [-0.4, -0.2) is 29.4 Å². The van der Waals surface area contributed by atoms with Crippen LogP contribution in [0.3, 0.4) is 0 Å². The van der Waals surface area contributed by atoms with Crippen molar-refractivity contribution in [1.82, 2.24) is 5.32 Å². The summed E-state index contributed by atoms with van der Waals surface area (Å²) in [6.07, 6.45) is 15.9. The number of aliphatic hydroxyl groups excluding tert-OH is 1. The Kier molecular flexibility index (Phi) is 13.0. The number of benzene rings is 1. The van der Waals surface area contributed by atoms with E-state index in [0.29, 0.717) is 31.1 Å². The Bertz CT molecular complexity index is 685. The van der Waals surface area contributed by atoms with Crippen molar-refractivity contribution in [3.05, 3.63) is 48.0 Å². The van der Waals surface area contributed by atoms with Gasteiger partial charge < -0.3 is 10.4 Å². The molecule has 4 nitrogen and oxygen atoms in total. The average molecular weight is 442 g/mol. The van der Waals surface area contributed by atoms with Crippen molar-refractivity contribution >= 4 is 11.7 Å². The first-order valence-corrected chi connectivity index (χ1v) is 12.8. The van der Waals surface area contributed by atoms with Crippen LogP contribution in [0.4, 0.5) is 0 Å². The molecule has 0 heterocycles. The Morgan fingerprint density at radius 2 is 1.91 bits per heavy atom. The lowest BCUT2D eigenvalue weighted by molar-refractivity contribution is -0.121. The minimum Gasteiger partial charge on any atom is -0.389 e. The Hall–Kier alpha value is -1.94. The first-order chi connectivity index (χ1) is 15.6. The summed E-state index contributed by atoms with van der Waals surface area (Å²) in [7, 11) is 0. The van der Waals surface area contributed by atoms with Crippen molar-refractivity contribution < 1.29 is 14.7 Å². The van der Waals surface area contributed by atoms with Gasteiger partial charge >= 0.3 is 0 Å². The van der Waals surface area contributed by atoms with Gasteiger partial charge in [-0.05, 0) is 43.6 Å². The fraction of sp³-hybridized carbons (Fsp3) is 0.643. The lowest BCUT2D eigenvalue weighted by Crippen LogP contribution is -2.25. The second-order valence-electron chi connectivity index (χ2n) is 9.26. The number of hydrogen-bond donors (Lipinski definition) is 2. The zero-order valence-electron chi connectivity index (χ0n) is 19.9. The van der Waals surface area contributed by atoms with Crippen molar-refractivity contribution in [2.45, 2.75) is 96.5 Å². The maximum absolute atomic E-state index is 12.3. The largest absolute Gasteiger partial charge is 0.389 e. The van der Waals surface area contributed by atoms with Gasteiger partial charge in [0.1, 0.15) is 5.78 Å². The molecule has 0 bridgehead atoms. The van der Waals surface area contributed by atoms with E-state index >= 15 is 0 Å². The van der Waals surface area contributed by atoms with Crippen LogP contribution in [0.25, 0.3) is 0 Å². The molecule has 1 aliphatic carbocycles. The van der Waals surface area contributed by atoms with E-state index in [-0.39, 0.29) is 17.9 Å². The van der Waals surface area contributed by atoms with E-state index in [9.17, 15) is 14.7 Å². The van der Waals surface area contributed by atoms with Crippen molar-refractivity contribution in [3.63, 3.8) is 0 Å². The van der Waals surface area contributed by atoms with E-state index < -0.39 is 0 Å². The maximum atomic E-state index is 12.3.